The molecule has 0 atom stereocenters. The fraction of sp³-hybridized carbons (Fsp3) is 0.320. The summed E-state index contributed by atoms with van der Waals surface area (Å²) >= 11 is 0. The van der Waals surface area contributed by atoms with E-state index in [4.69, 9.17) is 4.74 Å². The van der Waals surface area contributed by atoms with Gasteiger partial charge in [0, 0.05) is 44.8 Å². The van der Waals surface area contributed by atoms with Crippen molar-refractivity contribution in [3.63, 3.8) is 0 Å². The van der Waals surface area contributed by atoms with Gasteiger partial charge < -0.3 is 14.5 Å². The van der Waals surface area contributed by atoms with Gasteiger partial charge in [0.1, 0.15) is 6.33 Å². The lowest BCUT2D eigenvalue weighted by Crippen LogP contribution is -2.49. The molecule has 0 spiro atoms. The Labute approximate surface area is 219 Å². The van der Waals surface area contributed by atoms with Crippen molar-refractivity contribution in [3.05, 3.63) is 66.5 Å². The van der Waals surface area contributed by atoms with Gasteiger partial charge in [0.15, 0.2) is 17.0 Å². The summed E-state index contributed by atoms with van der Waals surface area (Å²) in [6.07, 6.45) is 1.50. The summed E-state index contributed by atoms with van der Waals surface area (Å²) in [7, 11) is -3.60. The van der Waals surface area contributed by atoms with Crippen molar-refractivity contribution in [1.29, 1.82) is 0 Å². The number of hydrogen-bond acceptors (Lipinski definition) is 9. The van der Waals surface area contributed by atoms with Crippen LogP contribution in [-0.4, -0.2) is 101 Å². The van der Waals surface area contributed by atoms with Gasteiger partial charge in [0.05, 0.1) is 23.8 Å². The molecule has 4 aromatic rings. The van der Waals surface area contributed by atoms with Crippen LogP contribution in [0.1, 0.15) is 10.4 Å². The predicted octanol–water partition coefficient (Wildman–Crippen LogP) is 1.19. The predicted molar refractivity (Wildman–Crippen MR) is 139 cm³/mol. The van der Waals surface area contributed by atoms with Crippen molar-refractivity contribution in [3.8, 4) is 5.69 Å². The molecule has 2 aromatic carbocycles. The summed E-state index contributed by atoms with van der Waals surface area (Å²) in [5.41, 5.74) is 2.54. The zero-order chi connectivity index (χ0) is 26.1. The van der Waals surface area contributed by atoms with Crippen molar-refractivity contribution in [2.75, 3.05) is 57.4 Å². The zero-order valence-corrected chi connectivity index (χ0v) is 21.4. The quantitative estimate of drug-likeness (QED) is 0.371. The smallest absolute Gasteiger partial charge is 0.253 e. The van der Waals surface area contributed by atoms with E-state index in [9.17, 15) is 13.2 Å². The zero-order valence-electron chi connectivity index (χ0n) is 20.5. The minimum Gasteiger partial charge on any atom is -0.379 e. The van der Waals surface area contributed by atoms with Crippen LogP contribution in [0.15, 0.2) is 65.8 Å². The number of hydrogen-bond donors (Lipinski definition) is 0. The lowest BCUT2D eigenvalue weighted by molar-refractivity contribution is 0.0730. The molecule has 0 N–H and O–H groups in total. The van der Waals surface area contributed by atoms with Crippen LogP contribution in [0.2, 0.25) is 0 Å². The first-order chi connectivity index (χ1) is 18.5. The van der Waals surface area contributed by atoms with Gasteiger partial charge in [-0.3, -0.25) is 4.79 Å². The maximum Gasteiger partial charge on any atom is 0.253 e. The van der Waals surface area contributed by atoms with Gasteiger partial charge in [0.25, 0.3) is 5.91 Å². The van der Waals surface area contributed by atoms with E-state index < -0.39 is 10.0 Å². The summed E-state index contributed by atoms with van der Waals surface area (Å²) in [6.45, 7) is 3.54. The van der Waals surface area contributed by atoms with Crippen molar-refractivity contribution >= 4 is 32.9 Å². The number of carbonyl (C=O) groups excluding carboxylic acids is 1. The Balaban J connectivity index is 1.14. The van der Waals surface area contributed by atoms with E-state index in [2.05, 4.69) is 25.2 Å². The Morgan fingerprint density at radius 1 is 0.842 bits per heavy atom. The van der Waals surface area contributed by atoms with Crippen LogP contribution in [0.25, 0.3) is 16.9 Å². The van der Waals surface area contributed by atoms with E-state index in [1.54, 1.807) is 21.7 Å². The maximum atomic E-state index is 13.2. The highest BCUT2D eigenvalue weighted by Crippen LogP contribution is 2.24. The Kier molecular flexibility index (Phi) is 6.47. The van der Waals surface area contributed by atoms with Crippen LogP contribution < -0.4 is 4.90 Å². The number of anilines is 1. The monoisotopic (exact) mass is 534 g/mol. The number of nitrogens with zero attached hydrogens (tertiary/aromatic N) is 8. The number of fused-ring (bicyclic) bond motifs is 1. The average molecular weight is 535 g/mol. The second-order valence-electron chi connectivity index (χ2n) is 9.03. The third-order valence-electron chi connectivity index (χ3n) is 6.79. The number of amides is 1. The van der Waals surface area contributed by atoms with Crippen LogP contribution >= 0.6 is 0 Å². The van der Waals surface area contributed by atoms with Crippen molar-refractivity contribution < 1.29 is 17.9 Å². The Morgan fingerprint density at radius 2 is 1.55 bits per heavy atom. The topological polar surface area (TPSA) is 127 Å². The van der Waals surface area contributed by atoms with E-state index in [-0.39, 0.29) is 10.8 Å². The lowest BCUT2D eigenvalue weighted by atomic mass is 10.2. The first-order valence-electron chi connectivity index (χ1n) is 12.4. The van der Waals surface area contributed by atoms with Gasteiger partial charge >= 0.3 is 0 Å². The first kappa shape index (κ1) is 24.4. The molecule has 2 saturated heterocycles. The van der Waals surface area contributed by atoms with Gasteiger partial charge in [-0.15, -0.1) is 5.10 Å². The molecule has 2 aromatic heterocycles. The molecular formula is C25H26N8O4S. The maximum absolute atomic E-state index is 13.2. The number of benzene rings is 2. The van der Waals surface area contributed by atoms with Crippen molar-refractivity contribution in [2.45, 2.75) is 4.90 Å². The molecule has 0 bridgehead atoms. The first-order valence-corrected chi connectivity index (χ1v) is 13.8. The number of rotatable bonds is 5. The molecule has 0 aliphatic carbocycles. The third kappa shape index (κ3) is 4.48. The van der Waals surface area contributed by atoms with Gasteiger partial charge in [-0.1, -0.05) is 23.4 Å². The molecule has 4 heterocycles. The van der Waals surface area contributed by atoms with E-state index in [1.807, 2.05) is 30.3 Å². The van der Waals surface area contributed by atoms with Gasteiger partial charge in [0.2, 0.25) is 10.0 Å². The lowest BCUT2D eigenvalue weighted by Gasteiger charge is -2.35. The second-order valence-corrected chi connectivity index (χ2v) is 11.0. The number of piperazine rings is 1. The number of sulfonamides is 1. The standard InChI is InChI=1S/C25H26N8O4S/c34-25(19-6-8-21(9-7-19)38(35,36)32-14-16-37-17-15-32)31-12-10-30(11-13-31)23-22-24(27-18-26-23)33(29-28-22)20-4-2-1-3-5-20/h1-9,18H,10-17H2. The second kappa shape index (κ2) is 10.1. The summed E-state index contributed by atoms with van der Waals surface area (Å²) in [5, 5.41) is 8.62. The summed E-state index contributed by atoms with van der Waals surface area (Å²) in [6, 6.07) is 15.8. The largest absolute Gasteiger partial charge is 0.379 e. The number of para-hydroxylation sites is 1. The Morgan fingerprint density at radius 3 is 2.26 bits per heavy atom. The highest BCUT2D eigenvalue weighted by molar-refractivity contribution is 7.89. The molecule has 12 nitrogen and oxygen atoms in total. The van der Waals surface area contributed by atoms with Gasteiger partial charge in [-0.05, 0) is 36.4 Å². The van der Waals surface area contributed by atoms with Crippen molar-refractivity contribution in [2.24, 2.45) is 0 Å². The molecule has 6 rings (SSSR count). The van der Waals surface area contributed by atoms with Crippen LogP contribution in [0.4, 0.5) is 5.82 Å². The van der Waals surface area contributed by atoms with E-state index in [0.717, 1.165) is 5.69 Å². The molecule has 0 saturated carbocycles. The minimum atomic E-state index is -3.60. The molecule has 0 unspecified atom stereocenters. The number of aromatic nitrogens is 5. The molecule has 2 aliphatic heterocycles. The molecular weight excluding hydrogens is 508 g/mol. The molecule has 38 heavy (non-hydrogen) atoms. The van der Waals surface area contributed by atoms with E-state index in [0.29, 0.717) is 75.0 Å². The highest BCUT2D eigenvalue weighted by Gasteiger charge is 2.28. The fourth-order valence-electron chi connectivity index (χ4n) is 4.72. The molecule has 2 aliphatic rings. The summed E-state index contributed by atoms with van der Waals surface area (Å²) in [5.74, 6) is 0.546. The van der Waals surface area contributed by atoms with Crippen molar-refractivity contribution in [1.82, 2.24) is 34.2 Å². The minimum absolute atomic E-state index is 0.136. The SMILES string of the molecule is O=C(c1ccc(S(=O)(=O)N2CCOCC2)cc1)N1CCN(c2ncnc3c2nnn3-c2ccccc2)CC1. The molecule has 0 radical (unpaired) electrons. The number of carbonyl (C=O) groups is 1. The summed E-state index contributed by atoms with van der Waals surface area (Å²) < 4.78 is 34.1. The number of morpholine rings is 1. The average Bonchev–Trinajstić information content (AvgIpc) is 3.42. The van der Waals surface area contributed by atoms with Crippen LogP contribution in [0, 0.1) is 0 Å². The van der Waals surface area contributed by atoms with E-state index >= 15 is 0 Å². The van der Waals surface area contributed by atoms with Crippen LogP contribution in [0.5, 0.6) is 0 Å². The molecule has 196 valence electrons. The van der Waals surface area contributed by atoms with Gasteiger partial charge in [-0.2, -0.15) is 8.99 Å². The molecule has 13 heteroatoms. The molecule has 1 amide bonds. The van der Waals surface area contributed by atoms with E-state index in [1.165, 1.54) is 22.8 Å². The number of ether oxygens (including phenoxy) is 1. The highest BCUT2D eigenvalue weighted by atomic mass is 32.2. The normalized spacial score (nSPS) is 17.2. The van der Waals surface area contributed by atoms with Crippen LogP contribution in [0.3, 0.4) is 0 Å². The molecule has 2 fully saturated rings. The third-order valence-corrected chi connectivity index (χ3v) is 8.71. The van der Waals surface area contributed by atoms with Crippen LogP contribution in [-0.2, 0) is 14.8 Å². The Bertz CT molecular complexity index is 1550. The van der Waals surface area contributed by atoms with Gasteiger partial charge in [-0.25, -0.2) is 18.4 Å². The fourth-order valence-corrected chi connectivity index (χ4v) is 6.13. The summed E-state index contributed by atoms with van der Waals surface area (Å²) in [4.78, 5) is 26.0. The Hall–Kier alpha value is -3.94.